The van der Waals surface area contributed by atoms with Gasteiger partial charge in [0.2, 0.25) is 0 Å². The highest BCUT2D eigenvalue weighted by Crippen LogP contribution is 2.19. The molecule has 0 unspecified atom stereocenters. The fraction of sp³-hybridized carbons (Fsp3) is 0.562. The molecule has 128 valence electrons. The number of aromatic amines is 1. The largest absolute Gasteiger partial charge is 0.465 e. The highest BCUT2D eigenvalue weighted by Gasteiger charge is 2.23. The maximum Gasteiger partial charge on any atom is 0.355 e. The second kappa shape index (κ2) is 8.36. The van der Waals surface area contributed by atoms with Gasteiger partial charge in [-0.1, -0.05) is 13.8 Å². The van der Waals surface area contributed by atoms with E-state index in [0.717, 1.165) is 6.42 Å². The molecule has 0 aliphatic rings. The minimum absolute atomic E-state index is 0.151. The third-order valence-corrected chi connectivity index (χ3v) is 3.41. The Morgan fingerprint density at radius 3 is 2.39 bits per heavy atom. The summed E-state index contributed by atoms with van der Waals surface area (Å²) in [7, 11) is 1.27. The van der Waals surface area contributed by atoms with Crippen molar-refractivity contribution < 1.29 is 23.9 Å². The normalized spacial score (nSPS) is 10.5. The zero-order valence-electron chi connectivity index (χ0n) is 14.2. The van der Waals surface area contributed by atoms with Gasteiger partial charge in [-0.05, 0) is 31.7 Å². The molecule has 1 rings (SSSR count). The van der Waals surface area contributed by atoms with Gasteiger partial charge in [0.1, 0.15) is 5.69 Å². The van der Waals surface area contributed by atoms with Crippen LogP contribution in [0.1, 0.15) is 52.4 Å². The molecule has 1 aromatic rings. The van der Waals surface area contributed by atoms with E-state index in [0.29, 0.717) is 29.3 Å². The smallest absolute Gasteiger partial charge is 0.355 e. The van der Waals surface area contributed by atoms with Crippen molar-refractivity contribution in [3.63, 3.8) is 0 Å². The summed E-state index contributed by atoms with van der Waals surface area (Å²) >= 11 is 0. The predicted molar refractivity (Wildman–Crippen MR) is 84.4 cm³/mol. The second-order valence-electron chi connectivity index (χ2n) is 5.73. The summed E-state index contributed by atoms with van der Waals surface area (Å²) in [4.78, 5) is 38.1. The molecule has 0 saturated carbocycles. The molecular weight excluding hydrogens is 300 g/mol. The minimum Gasteiger partial charge on any atom is -0.465 e. The SMILES string of the molecule is COC(=O)c1c(C)[nH]c(C(=O)OCC(=O)NCCC(C)C)c1C. The van der Waals surface area contributed by atoms with Gasteiger partial charge in [-0.3, -0.25) is 4.79 Å². The van der Waals surface area contributed by atoms with Crippen molar-refractivity contribution in [1.29, 1.82) is 0 Å². The number of carbonyl (C=O) groups is 3. The molecule has 0 saturated heterocycles. The quantitative estimate of drug-likeness (QED) is 0.745. The molecule has 7 heteroatoms. The topological polar surface area (TPSA) is 97.5 Å². The van der Waals surface area contributed by atoms with Crippen LogP contribution in [-0.2, 0) is 14.3 Å². The van der Waals surface area contributed by atoms with Crippen LogP contribution in [-0.4, -0.2) is 43.1 Å². The van der Waals surface area contributed by atoms with Crippen LogP contribution in [0.3, 0.4) is 0 Å². The molecule has 0 aromatic carbocycles. The average molecular weight is 324 g/mol. The van der Waals surface area contributed by atoms with Crippen LogP contribution in [0.4, 0.5) is 0 Å². The van der Waals surface area contributed by atoms with E-state index < -0.39 is 11.9 Å². The van der Waals surface area contributed by atoms with Crippen molar-refractivity contribution >= 4 is 17.8 Å². The molecule has 0 atom stereocenters. The molecule has 0 fully saturated rings. The molecule has 1 amide bonds. The Morgan fingerprint density at radius 1 is 1.17 bits per heavy atom. The van der Waals surface area contributed by atoms with Crippen LogP contribution < -0.4 is 5.32 Å². The van der Waals surface area contributed by atoms with E-state index in [9.17, 15) is 14.4 Å². The van der Waals surface area contributed by atoms with Crippen molar-refractivity contribution in [3.8, 4) is 0 Å². The first-order valence-corrected chi connectivity index (χ1v) is 7.49. The number of hydrogen-bond donors (Lipinski definition) is 2. The molecule has 2 N–H and O–H groups in total. The molecule has 1 heterocycles. The Labute approximate surface area is 135 Å². The number of aromatic nitrogens is 1. The van der Waals surface area contributed by atoms with E-state index in [1.807, 2.05) is 0 Å². The van der Waals surface area contributed by atoms with Gasteiger partial charge in [-0.2, -0.15) is 0 Å². The van der Waals surface area contributed by atoms with Crippen LogP contribution in [0.5, 0.6) is 0 Å². The molecule has 0 radical (unpaired) electrons. The number of H-pyrrole nitrogens is 1. The molecule has 0 aliphatic heterocycles. The minimum atomic E-state index is -0.681. The monoisotopic (exact) mass is 324 g/mol. The van der Waals surface area contributed by atoms with E-state index in [-0.39, 0.29) is 18.2 Å². The van der Waals surface area contributed by atoms with Crippen molar-refractivity contribution in [2.45, 2.75) is 34.1 Å². The van der Waals surface area contributed by atoms with Gasteiger partial charge in [0, 0.05) is 12.2 Å². The van der Waals surface area contributed by atoms with Gasteiger partial charge in [0.25, 0.3) is 5.91 Å². The van der Waals surface area contributed by atoms with Gasteiger partial charge in [0.05, 0.1) is 12.7 Å². The summed E-state index contributed by atoms with van der Waals surface area (Å²) in [5.74, 6) is -1.08. The number of nitrogens with one attached hydrogen (secondary N) is 2. The van der Waals surface area contributed by atoms with Crippen molar-refractivity contribution in [1.82, 2.24) is 10.3 Å². The molecular formula is C16H24N2O5. The first-order valence-electron chi connectivity index (χ1n) is 7.49. The number of esters is 2. The lowest BCUT2D eigenvalue weighted by atomic mass is 10.1. The molecule has 0 bridgehead atoms. The van der Waals surface area contributed by atoms with Crippen molar-refractivity contribution in [2.24, 2.45) is 5.92 Å². The highest BCUT2D eigenvalue weighted by molar-refractivity contribution is 5.99. The fourth-order valence-electron chi connectivity index (χ4n) is 2.12. The maximum atomic E-state index is 12.0. The summed E-state index contributed by atoms with van der Waals surface area (Å²) < 4.78 is 9.65. The van der Waals surface area contributed by atoms with Gasteiger partial charge < -0.3 is 19.8 Å². The highest BCUT2D eigenvalue weighted by atomic mass is 16.5. The third-order valence-electron chi connectivity index (χ3n) is 3.41. The summed E-state index contributed by atoms with van der Waals surface area (Å²) in [6.45, 7) is 7.58. The fourth-order valence-corrected chi connectivity index (χ4v) is 2.12. The number of methoxy groups -OCH3 is 1. The number of amides is 1. The van der Waals surface area contributed by atoms with Crippen molar-refractivity contribution in [3.05, 3.63) is 22.5 Å². The summed E-state index contributed by atoms with van der Waals surface area (Å²) in [5.41, 5.74) is 1.42. The first kappa shape index (κ1) is 18.7. The van der Waals surface area contributed by atoms with Gasteiger partial charge in [0.15, 0.2) is 6.61 Å². The zero-order valence-corrected chi connectivity index (χ0v) is 14.2. The Hall–Kier alpha value is -2.31. The van der Waals surface area contributed by atoms with Crippen LogP contribution in [0.25, 0.3) is 0 Å². The predicted octanol–water partition coefficient (Wildman–Crippen LogP) is 1.74. The molecule has 1 aromatic heterocycles. The van der Waals surface area contributed by atoms with Gasteiger partial charge in [-0.25, -0.2) is 9.59 Å². The lowest BCUT2D eigenvalue weighted by molar-refractivity contribution is -0.124. The third kappa shape index (κ3) is 5.12. The summed E-state index contributed by atoms with van der Waals surface area (Å²) in [6.07, 6.45) is 0.858. The number of aryl methyl sites for hydroxylation is 1. The first-order chi connectivity index (χ1) is 10.8. The molecule has 0 aliphatic carbocycles. The Bertz CT molecular complexity index is 590. The molecule has 7 nitrogen and oxygen atoms in total. The Morgan fingerprint density at radius 2 is 1.83 bits per heavy atom. The Kier molecular flexibility index (Phi) is 6.81. The molecule has 0 spiro atoms. The average Bonchev–Trinajstić information content (AvgIpc) is 2.78. The number of ether oxygens (including phenoxy) is 2. The lowest BCUT2D eigenvalue weighted by Gasteiger charge is -2.08. The van der Waals surface area contributed by atoms with E-state index >= 15 is 0 Å². The number of carbonyl (C=O) groups excluding carboxylic acids is 3. The number of rotatable bonds is 7. The lowest BCUT2D eigenvalue weighted by Crippen LogP contribution is -2.30. The van der Waals surface area contributed by atoms with Crippen LogP contribution in [0, 0.1) is 19.8 Å². The maximum absolute atomic E-state index is 12.0. The van der Waals surface area contributed by atoms with E-state index in [2.05, 4.69) is 28.9 Å². The second-order valence-corrected chi connectivity index (χ2v) is 5.73. The van der Waals surface area contributed by atoms with Gasteiger partial charge in [-0.15, -0.1) is 0 Å². The van der Waals surface area contributed by atoms with Crippen LogP contribution in [0.15, 0.2) is 0 Å². The summed E-state index contributed by atoms with van der Waals surface area (Å²) in [5, 5.41) is 2.68. The van der Waals surface area contributed by atoms with E-state index in [4.69, 9.17) is 4.74 Å². The van der Waals surface area contributed by atoms with E-state index in [1.54, 1.807) is 13.8 Å². The standard InChI is InChI=1S/C16H24N2O5/c1-9(2)6-7-17-12(19)8-23-16(21)14-10(3)13(11(4)18-14)15(20)22-5/h9,18H,6-8H2,1-5H3,(H,17,19). The van der Waals surface area contributed by atoms with E-state index in [1.165, 1.54) is 7.11 Å². The Balaban J connectivity index is 2.62. The zero-order chi connectivity index (χ0) is 17.6. The van der Waals surface area contributed by atoms with Crippen molar-refractivity contribution in [2.75, 3.05) is 20.3 Å². The molecule has 23 heavy (non-hydrogen) atoms. The van der Waals surface area contributed by atoms with Gasteiger partial charge >= 0.3 is 11.9 Å². The van der Waals surface area contributed by atoms with Crippen LogP contribution in [0.2, 0.25) is 0 Å². The number of hydrogen-bond acceptors (Lipinski definition) is 5. The van der Waals surface area contributed by atoms with Crippen LogP contribution >= 0.6 is 0 Å². The summed E-state index contributed by atoms with van der Waals surface area (Å²) in [6, 6.07) is 0.